The highest BCUT2D eigenvalue weighted by molar-refractivity contribution is 7.11. The minimum atomic E-state index is 0.146. The van der Waals surface area contributed by atoms with Crippen molar-refractivity contribution in [1.29, 1.82) is 5.41 Å². The first-order valence-corrected chi connectivity index (χ1v) is 9.69. The highest BCUT2D eigenvalue weighted by Crippen LogP contribution is 2.39. The number of thiazole rings is 1. The van der Waals surface area contributed by atoms with Gasteiger partial charge in [-0.3, -0.25) is 5.41 Å². The van der Waals surface area contributed by atoms with Crippen LogP contribution in [0.5, 0.6) is 11.5 Å². The summed E-state index contributed by atoms with van der Waals surface area (Å²) in [6, 6.07) is 13.7. The lowest BCUT2D eigenvalue weighted by molar-refractivity contribution is 0.174. The zero-order valence-electron chi connectivity index (χ0n) is 15.1. The van der Waals surface area contributed by atoms with Crippen LogP contribution in [0.4, 0.5) is 5.69 Å². The summed E-state index contributed by atoms with van der Waals surface area (Å²) in [5.41, 5.74) is 4.30. The molecule has 5 rings (SSSR count). The average Bonchev–Trinajstić information content (AvgIpc) is 3.41. The summed E-state index contributed by atoms with van der Waals surface area (Å²) in [4.78, 5) is 6.40. The first kappa shape index (κ1) is 16.8. The number of fused-ring (bicyclic) bond motifs is 1. The molecule has 1 aromatic heterocycles. The number of hydrogen-bond donors (Lipinski definition) is 2. The molecule has 6 nitrogen and oxygen atoms in total. The van der Waals surface area contributed by atoms with Crippen molar-refractivity contribution < 1.29 is 14.6 Å². The first-order valence-electron chi connectivity index (χ1n) is 8.81. The maximum atomic E-state index is 10.6. The second-order valence-electron chi connectivity index (χ2n) is 6.70. The largest absolute Gasteiger partial charge is 0.510 e. The highest BCUT2D eigenvalue weighted by Gasteiger charge is 2.32. The van der Waals surface area contributed by atoms with Crippen LogP contribution in [-0.2, 0) is 0 Å². The maximum Gasteiger partial charge on any atom is 0.231 e. The molecular formula is C21H17N3O3S. The SMILES string of the molecule is Cc1ccc(-c2csc(C3=C(O)CN(c4ccc5c(c4)OCO5)C3=N)n2)cc1. The van der Waals surface area contributed by atoms with Crippen LogP contribution >= 0.6 is 11.3 Å². The predicted octanol–water partition coefficient (Wildman–Crippen LogP) is 4.61. The lowest BCUT2D eigenvalue weighted by Crippen LogP contribution is -2.25. The summed E-state index contributed by atoms with van der Waals surface area (Å²) < 4.78 is 10.8. The van der Waals surface area contributed by atoms with Gasteiger partial charge < -0.3 is 19.5 Å². The summed E-state index contributed by atoms with van der Waals surface area (Å²) in [6.07, 6.45) is 0. The van der Waals surface area contributed by atoms with E-state index in [1.165, 1.54) is 16.9 Å². The summed E-state index contributed by atoms with van der Waals surface area (Å²) in [5, 5.41) is 21.8. The van der Waals surface area contributed by atoms with E-state index in [0.29, 0.717) is 22.1 Å². The second-order valence-corrected chi connectivity index (χ2v) is 7.56. The van der Waals surface area contributed by atoms with Crippen molar-refractivity contribution in [2.24, 2.45) is 0 Å². The van der Waals surface area contributed by atoms with Crippen molar-refractivity contribution in [3.05, 3.63) is 64.2 Å². The Morgan fingerprint density at radius 2 is 1.89 bits per heavy atom. The van der Waals surface area contributed by atoms with E-state index in [1.807, 2.05) is 54.8 Å². The lowest BCUT2D eigenvalue weighted by atomic mass is 10.1. The molecule has 2 aliphatic rings. The fraction of sp³-hybridized carbons (Fsp3) is 0.143. The number of aliphatic hydroxyl groups excluding tert-OH is 1. The van der Waals surface area contributed by atoms with Gasteiger partial charge in [-0.15, -0.1) is 11.3 Å². The van der Waals surface area contributed by atoms with E-state index in [4.69, 9.17) is 14.9 Å². The molecule has 140 valence electrons. The Hall–Kier alpha value is -3.32. The molecule has 3 aromatic rings. The van der Waals surface area contributed by atoms with Gasteiger partial charge in [0.25, 0.3) is 0 Å². The van der Waals surface area contributed by atoms with Gasteiger partial charge in [-0.2, -0.15) is 0 Å². The van der Waals surface area contributed by atoms with Crippen molar-refractivity contribution in [2.45, 2.75) is 6.92 Å². The van der Waals surface area contributed by atoms with Crippen LogP contribution in [0.2, 0.25) is 0 Å². The van der Waals surface area contributed by atoms with Gasteiger partial charge in [0.2, 0.25) is 6.79 Å². The molecule has 0 spiro atoms. The third-order valence-electron chi connectivity index (χ3n) is 4.84. The molecule has 0 atom stereocenters. The fourth-order valence-electron chi connectivity index (χ4n) is 3.32. The second kappa shape index (κ2) is 6.38. The zero-order chi connectivity index (χ0) is 19.3. The Kier molecular flexibility index (Phi) is 3.84. The Morgan fingerprint density at radius 1 is 1.11 bits per heavy atom. The van der Waals surface area contributed by atoms with Crippen LogP contribution in [0.1, 0.15) is 10.6 Å². The predicted molar refractivity (Wildman–Crippen MR) is 109 cm³/mol. The molecule has 0 unspecified atom stereocenters. The Bertz CT molecular complexity index is 1120. The van der Waals surface area contributed by atoms with Gasteiger partial charge in [-0.1, -0.05) is 29.8 Å². The Balaban J connectivity index is 1.44. The maximum absolute atomic E-state index is 10.6. The van der Waals surface area contributed by atoms with E-state index in [1.54, 1.807) is 4.90 Å². The third kappa shape index (κ3) is 2.71. The number of ether oxygens (including phenoxy) is 2. The standard InChI is InChI=1S/C21H17N3O3S/c1-12-2-4-13(5-3-12)15-10-28-21(23-15)19-16(25)9-24(20(19)22)14-6-7-17-18(8-14)27-11-26-17/h2-8,10,22,25H,9,11H2,1H3. The molecule has 0 saturated carbocycles. The topological polar surface area (TPSA) is 78.7 Å². The number of amidine groups is 1. The molecule has 2 aromatic carbocycles. The summed E-state index contributed by atoms with van der Waals surface area (Å²) >= 11 is 1.43. The molecule has 0 fully saturated rings. The number of aryl methyl sites for hydroxylation is 1. The monoisotopic (exact) mass is 391 g/mol. The number of aromatic nitrogens is 1. The number of nitrogens with one attached hydrogen (secondary N) is 1. The number of nitrogens with zero attached hydrogens (tertiary/aromatic N) is 2. The van der Waals surface area contributed by atoms with Gasteiger partial charge in [-0.25, -0.2) is 4.98 Å². The average molecular weight is 391 g/mol. The lowest BCUT2D eigenvalue weighted by Gasteiger charge is -2.18. The van der Waals surface area contributed by atoms with E-state index in [-0.39, 0.29) is 24.9 Å². The van der Waals surface area contributed by atoms with Crippen LogP contribution < -0.4 is 14.4 Å². The normalized spacial score (nSPS) is 15.6. The number of hydrogen-bond acceptors (Lipinski definition) is 6. The molecule has 0 amide bonds. The summed E-state index contributed by atoms with van der Waals surface area (Å²) in [5.74, 6) is 1.71. The molecule has 7 heteroatoms. The number of aliphatic hydroxyl groups is 1. The van der Waals surface area contributed by atoms with Gasteiger partial charge in [0, 0.05) is 22.7 Å². The van der Waals surface area contributed by atoms with Crippen molar-refractivity contribution in [1.82, 2.24) is 4.98 Å². The smallest absolute Gasteiger partial charge is 0.231 e. The Labute approximate surface area is 165 Å². The molecule has 2 aliphatic heterocycles. The van der Waals surface area contributed by atoms with Gasteiger partial charge >= 0.3 is 0 Å². The van der Waals surface area contributed by atoms with Crippen LogP contribution in [0.3, 0.4) is 0 Å². The zero-order valence-corrected chi connectivity index (χ0v) is 15.9. The van der Waals surface area contributed by atoms with Crippen LogP contribution in [0.15, 0.2) is 53.6 Å². The van der Waals surface area contributed by atoms with Crippen molar-refractivity contribution in [2.75, 3.05) is 18.2 Å². The fourth-order valence-corrected chi connectivity index (χ4v) is 4.22. The minimum Gasteiger partial charge on any atom is -0.510 e. The molecular weight excluding hydrogens is 374 g/mol. The van der Waals surface area contributed by atoms with E-state index >= 15 is 0 Å². The van der Waals surface area contributed by atoms with E-state index in [0.717, 1.165) is 16.9 Å². The molecule has 2 N–H and O–H groups in total. The van der Waals surface area contributed by atoms with Gasteiger partial charge in [0.15, 0.2) is 11.5 Å². The van der Waals surface area contributed by atoms with E-state index < -0.39 is 0 Å². The van der Waals surface area contributed by atoms with Gasteiger partial charge in [-0.05, 0) is 19.1 Å². The van der Waals surface area contributed by atoms with E-state index in [9.17, 15) is 5.11 Å². The third-order valence-corrected chi connectivity index (χ3v) is 5.70. The molecule has 0 aliphatic carbocycles. The summed E-state index contributed by atoms with van der Waals surface area (Å²) in [7, 11) is 0. The van der Waals surface area contributed by atoms with Gasteiger partial charge in [0.05, 0.1) is 17.8 Å². The quantitative estimate of drug-likeness (QED) is 0.681. The molecule has 28 heavy (non-hydrogen) atoms. The Morgan fingerprint density at radius 3 is 2.71 bits per heavy atom. The number of rotatable bonds is 3. The molecule has 0 bridgehead atoms. The van der Waals surface area contributed by atoms with Crippen LogP contribution in [0.25, 0.3) is 16.8 Å². The molecule has 0 radical (unpaired) electrons. The van der Waals surface area contributed by atoms with Crippen LogP contribution in [-0.4, -0.2) is 29.3 Å². The van der Waals surface area contributed by atoms with Crippen molar-refractivity contribution >= 4 is 28.4 Å². The van der Waals surface area contributed by atoms with Gasteiger partial charge in [0.1, 0.15) is 16.6 Å². The highest BCUT2D eigenvalue weighted by atomic mass is 32.1. The molecule has 0 saturated heterocycles. The number of benzene rings is 2. The van der Waals surface area contributed by atoms with Crippen molar-refractivity contribution in [3.63, 3.8) is 0 Å². The van der Waals surface area contributed by atoms with Crippen LogP contribution in [0, 0.1) is 12.3 Å². The summed E-state index contributed by atoms with van der Waals surface area (Å²) in [6.45, 7) is 2.48. The van der Waals surface area contributed by atoms with E-state index in [2.05, 4.69) is 4.98 Å². The molecule has 3 heterocycles. The minimum absolute atomic E-state index is 0.146. The number of anilines is 1. The first-order chi connectivity index (χ1) is 13.6. The van der Waals surface area contributed by atoms with Crippen molar-refractivity contribution in [3.8, 4) is 22.8 Å².